The number of aliphatic hydroxyl groups excluding tert-OH is 6. The van der Waals surface area contributed by atoms with Gasteiger partial charge in [0.1, 0.15) is 85.5 Å². The van der Waals surface area contributed by atoms with Crippen molar-refractivity contribution in [3.05, 3.63) is 35.4 Å². The molecule has 1 aromatic rings. The highest BCUT2D eigenvalue weighted by Crippen LogP contribution is 2.50. The average molecular weight is 1260 g/mol. The van der Waals surface area contributed by atoms with Crippen molar-refractivity contribution in [1.82, 2.24) is 0 Å². The average Bonchev–Trinajstić information content (AvgIpc) is 3.79. The van der Waals surface area contributed by atoms with Crippen LogP contribution in [0.15, 0.2) is 24.3 Å². The van der Waals surface area contributed by atoms with E-state index >= 15 is 0 Å². The van der Waals surface area contributed by atoms with Crippen LogP contribution in [0.4, 0.5) is 0 Å². The number of ether oxygens (including phenoxy) is 8. The molecule has 0 amide bonds. The highest BCUT2D eigenvalue weighted by atomic mass is 31.2. The van der Waals surface area contributed by atoms with Crippen molar-refractivity contribution in [2.45, 2.75) is 136 Å². The van der Waals surface area contributed by atoms with Crippen molar-refractivity contribution in [1.29, 1.82) is 0 Å². The SMILES string of the molecule is O=P(O)(O)OC1[C@@H](OP(=O)(O)O)C(CO)O[C@@H](O[C@@H]2[C@H](OP(=O)(O)O)C(OCCCc3ccc(CCCOC4O[C@H](CO)[C@H](O[C@@H]5OC(CO)[C@H](OP(=O)(O)O)C(OP(=O)(O)O)[C@@H]5O)[C@@H]4OP(=O)(O)O)cc3)O[C@@H]2CO)[C@H]1O. The van der Waals surface area contributed by atoms with Crippen LogP contribution in [0.1, 0.15) is 24.0 Å². The van der Waals surface area contributed by atoms with Crippen molar-refractivity contribution in [2.24, 2.45) is 0 Å². The zero-order valence-electron chi connectivity index (χ0n) is 39.7. The molecular weight excluding hydrogens is 1200 g/mol. The number of phosphoric acid groups is 6. The fourth-order valence-electron chi connectivity index (χ4n) is 8.39. The fraction of sp³-hybridized carbons (Fsp3) is 0.824. The van der Waals surface area contributed by atoms with Gasteiger partial charge in [0.05, 0.1) is 39.6 Å². The monoisotopic (exact) mass is 1260 g/mol. The van der Waals surface area contributed by atoms with E-state index in [9.17, 15) is 117 Å². The second kappa shape index (κ2) is 28.5. The summed E-state index contributed by atoms with van der Waals surface area (Å²) in [5, 5.41) is 62.0. The van der Waals surface area contributed by atoms with Crippen LogP contribution >= 0.6 is 46.9 Å². The standard InChI is InChI=1S/C34H60O38P6/c35-11-17-23(65-31-21(39)27(69-75(47,48)49)25(19(13-37)61-31)67-73(41,42)43)29(71-77(53,54)55)33(63-17)59-9-1-3-15-5-7-16(8-6-15)4-2-10-60-34-30(72-78(56,57)58)24(18(12-36)64-34)66-32-22(40)28(70-76(50,51)52)26(20(14-38)62-32)68-74(44,45)46/h5-8,17-40H,1-4,9-14H2,(H2,41,42,43)(H2,44,45,46)(H2,47,48,49)(H2,50,51,52)(H2,53,54,55)(H2,56,57,58)/t17-,18-,19?,20?,21+,22+,23+,24+,25+,26+,27?,28?,29+,30+,31+,32+,33?,34?/m1/s1. The van der Waals surface area contributed by atoms with Crippen LogP contribution in [0.3, 0.4) is 0 Å². The maximum atomic E-state index is 12.1. The van der Waals surface area contributed by atoms with Crippen LogP contribution < -0.4 is 0 Å². The Labute approximate surface area is 439 Å². The largest absolute Gasteiger partial charge is 0.470 e. The van der Waals surface area contributed by atoms with Crippen LogP contribution in [0, 0.1) is 0 Å². The summed E-state index contributed by atoms with van der Waals surface area (Å²) < 4.78 is 143. The second-order valence-corrected chi connectivity index (χ2v) is 24.4. The van der Waals surface area contributed by atoms with Crippen LogP contribution in [0.25, 0.3) is 0 Å². The summed E-state index contributed by atoms with van der Waals surface area (Å²) >= 11 is 0. The Bertz CT molecular complexity index is 2180. The molecule has 4 saturated heterocycles. The van der Waals surface area contributed by atoms with Gasteiger partial charge < -0.3 is 127 Å². The molecule has 78 heavy (non-hydrogen) atoms. The van der Waals surface area contributed by atoms with Crippen molar-refractivity contribution in [3.8, 4) is 0 Å². The summed E-state index contributed by atoms with van der Waals surface area (Å²) in [6, 6.07) is 6.88. The van der Waals surface area contributed by atoms with E-state index in [0.29, 0.717) is 12.8 Å². The lowest BCUT2D eigenvalue weighted by Gasteiger charge is -2.44. The molecule has 5 rings (SSSR count). The third-order valence-electron chi connectivity index (χ3n) is 11.4. The normalized spacial score (nSPS) is 34.6. The van der Waals surface area contributed by atoms with Gasteiger partial charge in [0.25, 0.3) is 0 Å². The first-order chi connectivity index (χ1) is 36.0. The summed E-state index contributed by atoms with van der Waals surface area (Å²) in [6.45, 7) is -4.72. The molecule has 1 aromatic carbocycles. The highest BCUT2D eigenvalue weighted by Gasteiger charge is 2.58. The summed E-state index contributed by atoms with van der Waals surface area (Å²) in [4.78, 5) is 114. The van der Waals surface area contributed by atoms with Gasteiger partial charge in [-0.05, 0) is 36.8 Å². The minimum absolute atomic E-state index is 0.204. The topological polar surface area (TPSA) is 596 Å². The molecule has 6 unspecified atom stereocenters. The summed E-state index contributed by atoms with van der Waals surface area (Å²) in [7, 11) is -33.2. The summed E-state index contributed by atoms with van der Waals surface area (Å²) in [5.74, 6) is 0. The number of hydrogen-bond donors (Lipinski definition) is 18. The molecule has 0 saturated carbocycles. The zero-order valence-corrected chi connectivity index (χ0v) is 45.0. The van der Waals surface area contributed by atoms with Crippen molar-refractivity contribution >= 4 is 46.9 Å². The van der Waals surface area contributed by atoms with Gasteiger partial charge in [0.2, 0.25) is 0 Å². The maximum absolute atomic E-state index is 12.1. The number of hydrogen-bond acceptors (Lipinski definition) is 26. The van der Waals surface area contributed by atoms with Crippen molar-refractivity contribution in [2.75, 3.05) is 39.6 Å². The predicted molar refractivity (Wildman–Crippen MR) is 241 cm³/mol. The third kappa shape index (κ3) is 20.8. The van der Waals surface area contributed by atoms with E-state index in [0.717, 1.165) is 11.1 Å². The number of aliphatic hydroxyl groups is 6. The Morgan fingerprint density at radius 2 is 0.603 bits per heavy atom. The molecule has 0 bridgehead atoms. The molecule has 18 N–H and O–H groups in total. The van der Waals surface area contributed by atoms with Crippen LogP contribution in [-0.2, 0) is 105 Å². The van der Waals surface area contributed by atoms with Crippen LogP contribution in [-0.4, -0.2) is 240 Å². The van der Waals surface area contributed by atoms with Gasteiger partial charge in [-0.3, -0.25) is 27.1 Å². The molecular formula is C34H60O38P6. The van der Waals surface area contributed by atoms with Gasteiger partial charge in [-0.2, -0.15) is 0 Å². The second-order valence-electron chi connectivity index (χ2n) is 17.2. The first-order valence-electron chi connectivity index (χ1n) is 22.5. The molecule has 38 nitrogen and oxygen atoms in total. The van der Waals surface area contributed by atoms with Gasteiger partial charge in [-0.25, -0.2) is 27.4 Å². The Hall–Kier alpha value is -0.680. The van der Waals surface area contributed by atoms with E-state index in [1.807, 2.05) is 0 Å². The third-order valence-corrected chi connectivity index (χ3v) is 14.5. The molecule has 0 radical (unpaired) electrons. The molecule has 44 heteroatoms. The van der Waals surface area contributed by atoms with E-state index in [4.69, 9.17) is 46.9 Å². The first kappa shape index (κ1) is 68.1. The van der Waals surface area contributed by atoms with Crippen molar-refractivity contribution in [3.63, 3.8) is 0 Å². The van der Waals surface area contributed by atoms with E-state index in [-0.39, 0.29) is 26.1 Å². The molecule has 4 aliphatic heterocycles. The molecule has 18 atom stereocenters. The van der Waals surface area contributed by atoms with E-state index in [1.54, 1.807) is 24.3 Å². The molecule has 0 aliphatic carbocycles. The molecule has 4 heterocycles. The van der Waals surface area contributed by atoms with E-state index in [2.05, 4.69) is 18.1 Å². The minimum Gasteiger partial charge on any atom is -0.394 e. The molecule has 0 spiro atoms. The zero-order chi connectivity index (χ0) is 58.3. The highest BCUT2D eigenvalue weighted by molar-refractivity contribution is 7.47. The lowest BCUT2D eigenvalue weighted by atomic mass is 9.99. The van der Waals surface area contributed by atoms with Crippen LogP contribution in [0.2, 0.25) is 0 Å². The van der Waals surface area contributed by atoms with Crippen LogP contribution in [0.5, 0.6) is 0 Å². The molecule has 4 aliphatic rings. The minimum atomic E-state index is -5.60. The maximum Gasteiger partial charge on any atom is 0.470 e. The van der Waals surface area contributed by atoms with Gasteiger partial charge in [-0.15, -0.1) is 0 Å². The lowest BCUT2D eigenvalue weighted by molar-refractivity contribution is -0.313. The Kier molecular flexibility index (Phi) is 24.9. The Morgan fingerprint density at radius 1 is 0.359 bits per heavy atom. The molecule has 4 fully saturated rings. The Balaban J connectivity index is 1.16. The van der Waals surface area contributed by atoms with Gasteiger partial charge in [0.15, 0.2) is 25.2 Å². The molecule has 454 valence electrons. The van der Waals surface area contributed by atoms with Gasteiger partial charge in [-0.1, -0.05) is 24.3 Å². The van der Waals surface area contributed by atoms with E-state index in [1.165, 1.54) is 0 Å². The van der Waals surface area contributed by atoms with E-state index < -0.39 is 184 Å². The lowest BCUT2D eigenvalue weighted by Crippen LogP contribution is -2.61. The number of rotatable bonds is 30. The number of aryl methyl sites for hydroxylation is 2. The summed E-state index contributed by atoms with van der Waals surface area (Å²) in [5.41, 5.74) is 1.47. The first-order valence-corrected chi connectivity index (χ1v) is 31.7. The molecule has 0 aromatic heterocycles. The number of benzene rings is 1. The summed E-state index contributed by atoms with van der Waals surface area (Å²) in [6.07, 6.45) is -35.5. The van der Waals surface area contributed by atoms with Crippen molar-refractivity contribution < 1.29 is 182 Å². The predicted octanol–water partition coefficient (Wildman–Crippen LogP) is -5.19. The smallest absolute Gasteiger partial charge is 0.394 e. The number of phosphoric ester groups is 6. The Morgan fingerprint density at radius 3 is 0.872 bits per heavy atom. The van der Waals surface area contributed by atoms with Gasteiger partial charge >= 0.3 is 46.9 Å². The fourth-order valence-corrected chi connectivity index (χ4v) is 11.7. The quantitative estimate of drug-likeness (QED) is 0.0253. The van der Waals surface area contributed by atoms with Gasteiger partial charge in [0, 0.05) is 0 Å².